The lowest BCUT2D eigenvalue weighted by Crippen LogP contribution is -2.31. The maximum Gasteiger partial charge on any atom is 0.238 e. The van der Waals surface area contributed by atoms with Crippen LogP contribution in [0.15, 0.2) is 48.5 Å². The van der Waals surface area contributed by atoms with Gasteiger partial charge in [0, 0.05) is 42.5 Å². The van der Waals surface area contributed by atoms with Crippen molar-refractivity contribution in [3.63, 3.8) is 0 Å². The first-order valence-electron chi connectivity index (χ1n) is 8.16. The fourth-order valence-electron chi connectivity index (χ4n) is 2.33. The maximum absolute atomic E-state index is 12.0. The molecular formula is C19H22ClN3O3. The molecule has 0 fully saturated rings. The summed E-state index contributed by atoms with van der Waals surface area (Å²) in [5, 5.41) is 16.3. The number of amides is 2. The molecule has 0 saturated carbocycles. The van der Waals surface area contributed by atoms with Gasteiger partial charge in [0.2, 0.25) is 11.8 Å². The Morgan fingerprint density at radius 1 is 1.15 bits per heavy atom. The third-order valence-electron chi connectivity index (χ3n) is 3.90. The van der Waals surface area contributed by atoms with E-state index in [1.54, 1.807) is 55.6 Å². The van der Waals surface area contributed by atoms with Crippen molar-refractivity contribution >= 4 is 34.8 Å². The van der Waals surface area contributed by atoms with Crippen LogP contribution in [-0.2, 0) is 9.59 Å². The molecule has 0 radical (unpaired) electrons. The summed E-state index contributed by atoms with van der Waals surface area (Å²) >= 11 is 6.03. The summed E-state index contributed by atoms with van der Waals surface area (Å²) in [4.78, 5) is 24.8. The van der Waals surface area contributed by atoms with E-state index in [-0.39, 0.29) is 24.9 Å². The first-order valence-corrected chi connectivity index (χ1v) is 8.53. The molecule has 0 heterocycles. The minimum atomic E-state index is -0.794. The van der Waals surface area contributed by atoms with E-state index in [2.05, 4.69) is 10.6 Å². The molecule has 2 aromatic carbocycles. The van der Waals surface area contributed by atoms with E-state index in [1.807, 2.05) is 0 Å². The lowest BCUT2D eigenvalue weighted by molar-refractivity contribution is -0.116. The number of nitrogens with zero attached hydrogens (tertiary/aromatic N) is 1. The van der Waals surface area contributed by atoms with Gasteiger partial charge >= 0.3 is 0 Å². The quantitative estimate of drug-likeness (QED) is 0.694. The third-order valence-corrected chi connectivity index (χ3v) is 4.24. The second kappa shape index (κ2) is 9.33. The normalized spacial score (nSPS) is 11.7. The third kappa shape index (κ3) is 5.56. The summed E-state index contributed by atoms with van der Waals surface area (Å²) < 4.78 is 0. The average molecular weight is 376 g/mol. The first-order chi connectivity index (χ1) is 12.4. The Labute approximate surface area is 157 Å². The van der Waals surface area contributed by atoms with Crippen LogP contribution in [0.1, 0.15) is 18.6 Å². The number of nitrogens with one attached hydrogen (secondary N) is 2. The highest BCUT2D eigenvalue weighted by molar-refractivity contribution is 6.31. The minimum absolute atomic E-state index is 0.0522. The Bertz CT molecular complexity index is 765. The molecule has 0 bridgehead atoms. The van der Waals surface area contributed by atoms with Crippen LogP contribution in [0.4, 0.5) is 11.4 Å². The molecule has 0 aliphatic heterocycles. The lowest BCUT2D eigenvalue weighted by atomic mass is 10.1. The molecule has 2 rings (SSSR count). The summed E-state index contributed by atoms with van der Waals surface area (Å²) in [6.07, 6.45) is -0.794. The van der Waals surface area contributed by atoms with E-state index >= 15 is 0 Å². The van der Waals surface area contributed by atoms with E-state index < -0.39 is 6.10 Å². The van der Waals surface area contributed by atoms with Crippen LogP contribution >= 0.6 is 11.6 Å². The molecule has 7 heteroatoms. The number of halogens is 1. The predicted octanol–water partition coefficient (Wildman–Crippen LogP) is 2.58. The van der Waals surface area contributed by atoms with Gasteiger partial charge in [-0.05, 0) is 30.3 Å². The number of benzene rings is 2. The van der Waals surface area contributed by atoms with Crippen LogP contribution in [0.2, 0.25) is 5.02 Å². The molecule has 0 aromatic heterocycles. The van der Waals surface area contributed by atoms with Crippen LogP contribution in [-0.4, -0.2) is 37.1 Å². The molecule has 3 N–H and O–H groups in total. The van der Waals surface area contributed by atoms with Crippen molar-refractivity contribution < 1.29 is 14.7 Å². The Morgan fingerprint density at radius 2 is 1.81 bits per heavy atom. The van der Waals surface area contributed by atoms with Crippen LogP contribution < -0.4 is 15.5 Å². The van der Waals surface area contributed by atoms with Crippen LogP contribution in [0.3, 0.4) is 0 Å². The van der Waals surface area contributed by atoms with Gasteiger partial charge in [0.25, 0.3) is 0 Å². The molecule has 138 valence electrons. The molecular weight excluding hydrogens is 354 g/mol. The summed E-state index contributed by atoms with van der Waals surface area (Å²) in [6, 6.07) is 14.0. The molecule has 2 aromatic rings. The largest absolute Gasteiger partial charge is 0.387 e. The van der Waals surface area contributed by atoms with E-state index in [0.29, 0.717) is 16.3 Å². The summed E-state index contributed by atoms with van der Waals surface area (Å²) in [5.41, 5.74) is 1.99. The van der Waals surface area contributed by atoms with Crippen LogP contribution in [0.25, 0.3) is 0 Å². The Kier molecular flexibility index (Phi) is 7.15. The smallest absolute Gasteiger partial charge is 0.238 e. The number of aliphatic hydroxyl groups is 1. The number of carbonyl (C=O) groups is 2. The highest BCUT2D eigenvalue weighted by atomic mass is 35.5. The number of aliphatic hydroxyl groups excluding tert-OH is 1. The number of carbonyl (C=O) groups excluding carboxylic acids is 2. The first kappa shape index (κ1) is 19.9. The molecule has 0 aliphatic carbocycles. The number of hydrogen-bond acceptors (Lipinski definition) is 4. The van der Waals surface area contributed by atoms with Gasteiger partial charge in [-0.2, -0.15) is 0 Å². The molecule has 1 atom stereocenters. The van der Waals surface area contributed by atoms with Gasteiger partial charge < -0.3 is 20.6 Å². The number of hydrogen-bond donors (Lipinski definition) is 3. The fraction of sp³-hybridized carbons (Fsp3) is 0.263. The van der Waals surface area contributed by atoms with Gasteiger partial charge in [-0.15, -0.1) is 0 Å². The molecule has 0 unspecified atom stereocenters. The average Bonchev–Trinajstić information content (AvgIpc) is 2.62. The van der Waals surface area contributed by atoms with E-state index in [0.717, 1.165) is 5.69 Å². The van der Waals surface area contributed by atoms with Crippen molar-refractivity contribution in [3.05, 3.63) is 59.1 Å². The Balaban J connectivity index is 1.80. The van der Waals surface area contributed by atoms with E-state index in [9.17, 15) is 14.7 Å². The highest BCUT2D eigenvalue weighted by Crippen LogP contribution is 2.21. The zero-order valence-electron chi connectivity index (χ0n) is 14.7. The lowest BCUT2D eigenvalue weighted by Gasteiger charge is -2.16. The number of rotatable bonds is 7. The Hall–Kier alpha value is -2.41. The second-order valence-corrected chi connectivity index (χ2v) is 6.25. The van der Waals surface area contributed by atoms with Crippen molar-refractivity contribution in [2.45, 2.75) is 13.0 Å². The van der Waals surface area contributed by atoms with Crippen molar-refractivity contribution in [2.75, 3.05) is 30.4 Å². The maximum atomic E-state index is 12.0. The molecule has 0 spiro atoms. The molecule has 26 heavy (non-hydrogen) atoms. The van der Waals surface area contributed by atoms with E-state index in [4.69, 9.17) is 11.6 Å². The topological polar surface area (TPSA) is 81.7 Å². The van der Waals surface area contributed by atoms with Crippen molar-refractivity contribution in [2.24, 2.45) is 0 Å². The highest BCUT2D eigenvalue weighted by Gasteiger charge is 2.11. The summed E-state index contributed by atoms with van der Waals surface area (Å²) in [6.45, 7) is 1.74. The standard InChI is InChI=1S/C19H22ClN3O3/c1-13(24)23(2)15-9-7-14(8-10-15)22-19(26)12-21-11-18(25)16-5-3-4-6-17(16)20/h3-10,18,21,25H,11-12H2,1-2H3,(H,22,26)/t18-/m0/s1. The van der Waals surface area contributed by atoms with Gasteiger partial charge in [0.1, 0.15) is 0 Å². The second-order valence-electron chi connectivity index (χ2n) is 5.84. The van der Waals surface area contributed by atoms with Crippen molar-refractivity contribution in [3.8, 4) is 0 Å². The minimum Gasteiger partial charge on any atom is -0.387 e. The van der Waals surface area contributed by atoms with E-state index in [1.165, 1.54) is 11.8 Å². The fourth-order valence-corrected chi connectivity index (χ4v) is 2.59. The van der Waals surface area contributed by atoms with Crippen LogP contribution in [0, 0.1) is 0 Å². The SMILES string of the molecule is CC(=O)N(C)c1ccc(NC(=O)CNC[C@H](O)c2ccccc2Cl)cc1. The van der Waals surface area contributed by atoms with Crippen LogP contribution in [0.5, 0.6) is 0 Å². The number of anilines is 2. The van der Waals surface area contributed by atoms with Gasteiger partial charge in [0.05, 0.1) is 12.6 Å². The van der Waals surface area contributed by atoms with Crippen molar-refractivity contribution in [1.29, 1.82) is 0 Å². The van der Waals surface area contributed by atoms with Gasteiger partial charge in [-0.1, -0.05) is 29.8 Å². The zero-order chi connectivity index (χ0) is 19.1. The predicted molar refractivity (Wildman–Crippen MR) is 103 cm³/mol. The zero-order valence-corrected chi connectivity index (χ0v) is 15.5. The van der Waals surface area contributed by atoms with Crippen molar-refractivity contribution in [1.82, 2.24) is 5.32 Å². The van der Waals surface area contributed by atoms with Gasteiger partial charge in [-0.3, -0.25) is 9.59 Å². The summed E-state index contributed by atoms with van der Waals surface area (Å²) in [7, 11) is 1.68. The molecule has 6 nitrogen and oxygen atoms in total. The Morgan fingerprint density at radius 3 is 2.42 bits per heavy atom. The van der Waals surface area contributed by atoms with Gasteiger partial charge in [0.15, 0.2) is 0 Å². The summed E-state index contributed by atoms with van der Waals surface area (Å²) in [5.74, 6) is -0.299. The van der Waals surface area contributed by atoms with Gasteiger partial charge in [-0.25, -0.2) is 0 Å². The monoisotopic (exact) mass is 375 g/mol. The molecule has 0 saturated heterocycles. The molecule has 0 aliphatic rings. The molecule has 2 amide bonds.